The molecule has 0 aromatic rings. The molecular weight excluding hydrogens is 202 g/mol. The minimum Gasteiger partial charge on any atom is -0.481 e. The number of carbonyl (C=O) groups excluding carboxylic acids is 1. The molecule has 0 aliphatic carbocycles. The maximum Gasteiger partial charge on any atom is 0.317 e. The van der Waals surface area contributed by atoms with E-state index in [2.05, 4.69) is 4.90 Å². The molecule has 1 heterocycles. The third-order valence-electron chi connectivity index (χ3n) is 2.07. The largest absolute Gasteiger partial charge is 0.481 e. The smallest absolute Gasteiger partial charge is 0.317 e. The summed E-state index contributed by atoms with van der Waals surface area (Å²) < 4.78 is 9.91. The molecule has 1 aliphatic rings. The fourth-order valence-corrected chi connectivity index (χ4v) is 1.29. The summed E-state index contributed by atoms with van der Waals surface area (Å²) in [5, 5.41) is 8.30. The number of esters is 1. The molecule has 6 nitrogen and oxygen atoms in total. The van der Waals surface area contributed by atoms with Crippen molar-refractivity contribution < 1.29 is 24.2 Å². The Morgan fingerprint density at radius 3 is 2.60 bits per heavy atom. The number of carbonyl (C=O) groups is 2. The van der Waals surface area contributed by atoms with E-state index in [4.69, 9.17) is 14.6 Å². The second kappa shape index (κ2) is 6.36. The summed E-state index contributed by atoms with van der Waals surface area (Å²) >= 11 is 0. The van der Waals surface area contributed by atoms with Crippen LogP contribution < -0.4 is 0 Å². The van der Waals surface area contributed by atoms with Crippen molar-refractivity contribution in [3.63, 3.8) is 0 Å². The third-order valence-corrected chi connectivity index (χ3v) is 2.07. The van der Waals surface area contributed by atoms with Gasteiger partial charge in [0.05, 0.1) is 13.2 Å². The Hall–Kier alpha value is -1.14. The van der Waals surface area contributed by atoms with Crippen LogP contribution in [-0.2, 0) is 19.1 Å². The molecule has 1 fully saturated rings. The lowest BCUT2D eigenvalue weighted by Gasteiger charge is -2.26. The van der Waals surface area contributed by atoms with Crippen molar-refractivity contribution in [1.29, 1.82) is 0 Å². The van der Waals surface area contributed by atoms with Gasteiger partial charge in [0.2, 0.25) is 0 Å². The maximum absolute atomic E-state index is 10.8. The standard InChI is InChI=1S/C9H15NO5/c11-8(12)7-9(13)15-6-3-10-1-4-14-5-2-10/h1-7H2,(H,11,12). The second-order valence-corrected chi connectivity index (χ2v) is 3.24. The van der Waals surface area contributed by atoms with Crippen molar-refractivity contribution in [2.75, 3.05) is 39.5 Å². The number of hydrogen-bond acceptors (Lipinski definition) is 5. The number of hydrogen-bond donors (Lipinski definition) is 1. The zero-order valence-electron chi connectivity index (χ0n) is 8.48. The first-order valence-corrected chi connectivity index (χ1v) is 4.86. The van der Waals surface area contributed by atoms with Crippen LogP contribution in [0.4, 0.5) is 0 Å². The number of aliphatic carboxylic acids is 1. The summed E-state index contributed by atoms with van der Waals surface area (Å²) in [6.45, 7) is 3.93. The Labute approximate surface area is 87.8 Å². The number of nitrogens with zero attached hydrogens (tertiary/aromatic N) is 1. The molecule has 0 atom stereocenters. The van der Waals surface area contributed by atoms with E-state index >= 15 is 0 Å². The topological polar surface area (TPSA) is 76.1 Å². The summed E-state index contributed by atoms with van der Waals surface area (Å²) in [6, 6.07) is 0. The van der Waals surface area contributed by atoms with E-state index in [-0.39, 0.29) is 6.61 Å². The highest BCUT2D eigenvalue weighted by Gasteiger charge is 2.12. The molecule has 0 amide bonds. The van der Waals surface area contributed by atoms with Crippen molar-refractivity contribution >= 4 is 11.9 Å². The van der Waals surface area contributed by atoms with Crippen LogP contribution in [0, 0.1) is 0 Å². The highest BCUT2D eigenvalue weighted by molar-refractivity contribution is 5.90. The first-order valence-electron chi connectivity index (χ1n) is 4.86. The van der Waals surface area contributed by atoms with E-state index in [9.17, 15) is 9.59 Å². The molecule has 86 valence electrons. The maximum atomic E-state index is 10.8. The first-order chi connectivity index (χ1) is 7.18. The van der Waals surface area contributed by atoms with Crippen LogP contribution in [0.25, 0.3) is 0 Å². The van der Waals surface area contributed by atoms with Crippen LogP contribution >= 0.6 is 0 Å². The molecule has 0 bridgehead atoms. The molecule has 1 rings (SSSR count). The van der Waals surface area contributed by atoms with Crippen LogP contribution in [0.3, 0.4) is 0 Å². The fourth-order valence-electron chi connectivity index (χ4n) is 1.29. The number of morpholine rings is 1. The van der Waals surface area contributed by atoms with Gasteiger partial charge >= 0.3 is 11.9 Å². The van der Waals surface area contributed by atoms with Crippen LogP contribution in [0.5, 0.6) is 0 Å². The lowest BCUT2D eigenvalue weighted by Crippen LogP contribution is -2.38. The quantitative estimate of drug-likeness (QED) is 0.486. The fraction of sp³-hybridized carbons (Fsp3) is 0.778. The molecule has 1 N–H and O–H groups in total. The molecule has 0 saturated carbocycles. The number of carboxylic acids is 1. The van der Waals surface area contributed by atoms with Crippen molar-refractivity contribution in [2.45, 2.75) is 6.42 Å². The van der Waals surface area contributed by atoms with Gasteiger partial charge in [-0.3, -0.25) is 14.5 Å². The van der Waals surface area contributed by atoms with Gasteiger partial charge in [-0.2, -0.15) is 0 Å². The van der Waals surface area contributed by atoms with Gasteiger partial charge in [0.1, 0.15) is 13.0 Å². The van der Waals surface area contributed by atoms with Gasteiger partial charge in [-0.05, 0) is 0 Å². The highest BCUT2D eigenvalue weighted by Crippen LogP contribution is 1.96. The van der Waals surface area contributed by atoms with E-state index in [1.165, 1.54) is 0 Å². The predicted octanol–water partition coefficient (Wildman–Crippen LogP) is -0.663. The Morgan fingerprint density at radius 2 is 2.00 bits per heavy atom. The average Bonchev–Trinajstić information content (AvgIpc) is 2.18. The number of ether oxygens (including phenoxy) is 2. The molecule has 1 saturated heterocycles. The molecular formula is C9H15NO5. The summed E-state index contributed by atoms with van der Waals surface area (Å²) in [5.74, 6) is -1.85. The normalized spacial score (nSPS) is 17.3. The van der Waals surface area contributed by atoms with Crippen molar-refractivity contribution in [1.82, 2.24) is 4.90 Å². The lowest BCUT2D eigenvalue weighted by atomic mass is 10.4. The molecule has 15 heavy (non-hydrogen) atoms. The second-order valence-electron chi connectivity index (χ2n) is 3.24. The molecule has 0 spiro atoms. The van der Waals surface area contributed by atoms with Gasteiger partial charge in [0.15, 0.2) is 0 Å². The summed E-state index contributed by atoms with van der Waals surface area (Å²) in [7, 11) is 0. The summed E-state index contributed by atoms with van der Waals surface area (Å²) in [5.41, 5.74) is 0. The van der Waals surface area contributed by atoms with Crippen molar-refractivity contribution in [3.8, 4) is 0 Å². The van der Waals surface area contributed by atoms with Gasteiger partial charge in [0, 0.05) is 19.6 Å². The minimum atomic E-state index is -1.16. The Bertz CT molecular complexity index is 225. The van der Waals surface area contributed by atoms with Gasteiger partial charge in [0.25, 0.3) is 0 Å². The Kier molecular flexibility index (Phi) is 5.06. The lowest BCUT2D eigenvalue weighted by molar-refractivity contribution is -0.151. The van der Waals surface area contributed by atoms with E-state index in [0.717, 1.165) is 13.1 Å². The molecule has 6 heteroatoms. The zero-order valence-corrected chi connectivity index (χ0v) is 8.48. The molecule has 1 aliphatic heterocycles. The van der Waals surface area contributed by atoms with Crippen LogP contribution in [-0.4, -0.2) is 61.4 Å². The monoisotopic (exact) mass is 217 g/mol. The van der Waals surface area contributed by atoms with Crippen LogP contribution in [0.15, 0.2) is 0 Å². The Balaban J connectivity index is 2.04. The molecule has 0 aromatic heterocycles. The van der Waals surface area contributed by atoms with Crippen molar-refractivity contribution in [3.05, 3.63) is 0 Å². The number of carboxylic acid groups (broad SMARTS) is 1. The summed E-state index contributed by atoms with van der Waals surface area (Å²) in [4.78, 5) is 23.1. The van der Waals surface area contributed by atoms with E-state index < -0.39 is 18.4 Å². The van der Waals surface area contributed by atoms with Gasteiger partial charge in [-0.1, -0.05) is 0 Å². The Morgan fingerprint density at radius 1 is 1.33 bits per heavy atom. The zero-order chi connectivity index (χ0) is 11.1. The third kappa shape index (κ3) is 5.34. The number of rotatable bonds is 5. The van der Waals surface area contributed by atoms with Gasteiger partial charge in [-0.25, -0.2) is 0 Å². The summed E-state index contributed by atoms with van der Waals surface area (Å²) in [6.07, 6.45) is -0.566. The van der Waals surface area contributed by atoms with Gasteiger partial charge in [-0.15, -0.1) is 0 Å². The molecule has 0 radical (unpaired) electrons. The molecule has 0 unspecified atom stereocenters. The van der Waals surface area contributed by atoms with Gasteiger partial charge < -0.3 is 14.6 Å². The van der Waals surface area contributed by atoms with E-state index in [0.29, 0.717) is 19.8 Å². The molecule has 0 aromatic carbocycles. The minimum absolute atomic E-state index is 0.242. The van der Waals surface area contributed by atoms with Crippen LogP contribution in [0.2, 0.25) is 0 Å². The van der Waals surface area contributed by atoms with Crippen LogP contribution in [0.1, 0.15) is 6.42 Å². The highest BCUT2D eigenvalue weighted by atomic mass is 16.5. The predicted molar refractivity (Wildman–Crippen MR) is 50.5 cm³/mol. The van der Waals surface area contributed by atoms with E-state index in [1.807, 2.05) is 0 Å². The average molecular weight is 217 g/mol. The first kappa shape index (κ1) is 11.9. The van der Waals surface area contributed by atoms with Crippen molar-refractivity contribution in [2.24, 2.45) is 0 Å². The SMILES string of the molecule is O=C(O)CC(=O)OCCN1CCOCC1. The van der Waals surface area contributed by atoms with E-state index in [1.54, 1.807) is 0 Å².